The number of fused-ring (bicyclic) bond motifs is 7. The normalized spacial score (nSPS) is 12.6. The fourth-order valence-electron chi connectivity index (χ4n) is 9.48. The number of hydrogen-bond donors (Lipinski definition) is 0. The number of hydrogen-bond acceptors (Lipinski definition) is 0. The van der Waals surface area contributed by atoms with Crippen LogP contribution < -0.4 is 0 Å². The second-order valence-corrected chi connectivity index (χ2v) is 15.7. The third-order valence-corrected chi connectivity index (χ3v) is 12.4. The molecule has 9 aromatic carbocycles. The van der Waals surface area contributed by atoms with Gasteiger partial charge < -0.3 is 4.57 Å². The van der Waals surface area contributed by atoms with Crippen molar-refractivity contribution in [1.82, 2.24) is 4.57 Å². The van der Waals surface area contributed by atoms with Gasteiger partial charge in [0.05, 0.1) is 16.7 Å². The summed E-state index contributed by atoms with van der Waals surface area (Å²) in [7, 11) is 0. The second kappa shape index (κ2) is 14.1. The highest BCUT2D eigenvalue weighted by Crippen LogP contribution is 2.45. The van der Waals surface area contributed by atoms with Gasteiger partial charge in [0, 0.05) is 22.1 Å². The zero-order valence-corrected chi connectivity index (χ0v) is 32.3. The minimum absolute atomic E-state index is 0.208. The lowest BCUT2D eigenvalue weighted by molar-refractivity contribution is 0.715. The Kier molecular flexibility index (Phi) is 8.26. The molecule has 1 aliphatic carbocycles. The van der Waals surface area contributed by atoms with E-state index < -0.39 is 0 Å². The van der Waals surface area contributed by atoms with Crippen LogP contribution in [0.2, 0.25) is 0 Å². The zero-order chi connectivity index (χ0) is 38.6. The maximum atomic E-state index is 4.57. The Morgan fingerprint density at radius 3 is 1.86 bits per heavy atom. The highest BCUT2D eigenvalue weighted by Gasteiger charge is 2.24. The molecule has 0 saturated heterocycles. The van der Waals surface area contributed by atoms with Crippen LogP contribution in [-0.4, -0.2) is 4.57 Å². The van der Waals surface area contributed by atoms with E-state index in [0.29, 0.717) is 0 Å². The molecule has 11 rings (SSSR count). The number of benzene rings is 9. The lowest BCUT2D eigenvalue weighted by Crippen LogP contribution is -2.04. The van der Waals surface area contributed by atoms with E-state index in [0.717, 1.165) is 18.4 Å². The molecule has 274 valence electrons. The fraction of sp³-hybridized carbons (Fsp3) is 0.0526. The molecular weight excluding hydrogens is 699 g/mol. The molecular formula is C57H41N. The summed E-state index contributed by atoms with van der Waals surface area (Å²) in [5, 5.41) is 5.09. The summed E-state index contributed by atoms with van der Waals surface area (Å²) in [5.41, 5.74) is 18.8. The van der Waals surface area contributed by atoms with Crippen molar-refractivity contribution in [1.29, 1.82) is 0 Å². The van der Waals surface area contributed by atoms with Gasteiger partial charge in [-0.15, -0.1) is 0 Å². The first kappa shape index (κ1) is 34.1. The summed E-state index contributed by atoms with van der Waals surface area (Å²) < 4.78 is 2.45. The Morgan fingerprint density at radius 2 is 1.02 bits per heavy atom. The maximum Gasteiger partial charge on any atom is 0.0541 e. The minimum Gasteiger partial charge on any atom is -0.309 e. The van der Waals surface area contributed by atoms with E-state index in [4.69, 9.17) is 0 Å². The van der Waals surface area contributed by atoms with Crippen LogP contribution in [0.15, 0.2) is 213 Å². The standard InChI is InChI=1S/C57H41N/c1-38-47-19-7-8-21-50(47)51-33-31-46(37-53(38)51)48(43-29-27-41(28-30-43)45-18-11-17-44(36-45)40-13-3-2-4-14-40)32-25-39-26-34-57-54(35-39)52-22-9-10-23-56(52)58(57)55-24-12-16-42-15-5-6-20-49(42)55/h2-24,26-31,33-37,48H,1,25,32H2. The number of aromatic nitrogens is 1. The van der Waals surface area contributed by atoms with Gasteiger partial charge in [-0.05, 0) is 121 Å². The van der Waals surface area contributed by atoms with E-state index in [1.807, 2.05) is 0 Å². The fourth-order valence-corrected chi connectivity index (χ4v) is 9.48. The van der Waals surface area contributed by atoms with E-state index in [1.54, 1.807) is 0 Å². The van der Waals surface area contributed by atoms with Crippen molar-refractivity contribution in [2.45, 2.75) is 18.8 Å². The van der Waals surface area contributed by atoms with Crippen LogP contribution in [0, 0.1) is 0 Å². The van der Waals surface area contributed by atoms with E-state index in [-0.39, 0.29) is 5.92 Å². The summed E-state index contributed by atoms with van der Waals surface area (Å²) in [4.78, 5) is 0. The Balaban J connectivity index is 0.968. The zero-order valence-electron chi connectivity index (χ0n) is 32.3. The van der Waals surface area contributed by atoms with Gasteiger partial charge in [0.25, 0.3) is 0 Å². The maximum absolute atomic E-state index is 4.57. The van der Waals surface area contributed by atoms with Crippen LogP contribution in [0.4, 0.5) is 0 Å². The van der Waals surface area contributed by atoms with Crippen LogP contribution in [0.5, 0.6) is 0 Å². The smallest absolute Gasteiger partial charge is 0.0541 e. The van der Waals surface area contributed by atoms with Crippen molar-refractivity contribution in [3.8, 4) is 39.1 Å². The molecule has 1 atom stereocenters. The molecule has 0 N–H and O–H groups in total. The summed E-state index contributed by atoms with van der Waals surface area (Å²) in [6.07, 6.45) is 1.93. The minimum atomic E-state index is 0.208. The summed E-state index contributed by atoms with van der Waals surface area (Å²) >= 11 is 0. The topological polar surface area (TPSA) is 4.93 Å². The van der Waals surface area contributed by atoms with Gasteiger partial charge in [0.15, 0.2) is 0 Å². The predicted molar refractivity (Wildman–Crippen MR) is 246 cm³/mol. The van der Waals surface area contributed by atoms with E-state index >= 15 is 0 Å². The number of nitrogens with zero attached hydrogens (tertiary/aromatic N) is 1. The Labute approximate surface area is 339 Å². The molecule has 1 aromatic heterocycles. The molecule has 58 heavy (non-hydrogen) atoms. The molecule has 0 radical (unpaired) electrons. The number of aryl methyl sites for hydroxylation is 1. The first-order chi connectivity index (χ1) is 28.7. The molecule has 0 spiro atoms. The van der Waals surface area contributed by atoms with Gasteiger partial charge in [-0.25, -0.2) is 0 Å². The summed E-state index contributed by atoms with van der Waals surface area (Å²) in [6, 6.07) is 75.9. The number of para-hydroxylation sites is 1. The van der Waals surface area contributed by atoms with Crippen LogP contribution >= 0.6 is 0 Å². The Bertz CT molecular complexity index is 3180. The number of rotatable bonds is 8. The van der Waals surface area contributed by atoms with Crippen LogP contribution in [0.25, 0.3) is 77.2 Å². The van der Waals surface area contributed by atoms with Gasteiger partial charge >= 0.3 is 0 Å². The summed E-state index contributed by atoms with van der Waals surface area (Å²) in [5.74, 6) is 0.208. The lowest BCUT2D eigenvalue weighted by Gasteiger charge is -2.20. The predicted octanol–water partition coefficient (Wildman–Crippen LogP) is 15.1. The Hall–Kier alpha value is -7.22. The molecule has 0 amide bonds. The quantitative estimate of drug-likeness (QED) is 0.146. The van der Waals surface area contributed by atoms with Gasteiger partial charge in [-0.3, -0.25) is 0 Å². The van der Waals surface area contributed by atoms with Gasteiger partial charge in [-0.1, -0.05) is 176 Å². The first-order valence-electron chi connectivity index (χ1n) is 20.4. The third-order valence-electron chi connectivity index (χ3n) is 12.4. The second-order valence-electron chi connectivity index (χ2n) is 15.7. The monoisotopic (exact) mass is 739 g/mol. The van der Waals surface area contributed by atoms with Crippen molar-refractivity contribution in [3.05, 3.63) is 241 Å². The molecule has 0 saturated carbocycles. The van der Waals surface area contributed by atoms with Crippen molar-refractivity contribution >= 4 is 38.2 Å². The molecule has 1 unspecified atom stereocenters. The van der Waals surface area contributed by atoms with Gasteiger partial charge in [0.2, 0.25) is 0 Å². The third kappa shape index (κ3) is 5.78. The largest absolute Gasteiger partial charge is 0.309 e. The van der Waals surface area contributed by atoms with Crippen molar-refractivity contribution in [2.75, 3.05) is 0 Å². The average Bonchev–Trinajstić information content (AvgIpc) is 3.77. The van der Waals surface area contributed by atoms with Gasteiger partial charge in [0.1, 0.15) is 0 Å². The van der Waals surface area contributed by atoms with Crippen molar-refractivity contribution < 1.29 is 0 Å². The summed E-state index contributed by atoms with van der Waals surface area (Å²) in [6.45, 7) is 4.57. The van der Waals surface area contributed by atoms with Crippen molar-refractivity contribution in [2.24, 2.45) is 0 Å². The van der Waals surface area contributed by atoms with E-state index in [1.165, 1.54) is 99.5 Å². The molecule has 0 bridgehead atoms. The van der Waals surface area contributed by atoms with E-state index in [9.17, 15) is 0 Å². The molecule has 0 fully saturated rings. The van der Waals surface area contributed by atoms with Gasteiger partial charge in [-0.2, -0.15) is 0 Å². The molecule has 1 aliphatic rings. The average molecular weight is 740 g/mol. The van der Waals surface area contributed by atoms with Crippen LogP contribution in [0.1, 0.15) is 40.2 Å². The van der Waals surface area contributed by atoms with Crippen molar-refractivity contribution in [3.63, 3.8) is 0 Å². The molecule has 0 aliphatic heterocycles. The van der Waals surface area contributed by atoms with Crippen LogP contribution in [-0.2, 0) is 6.42 Å². The molecule has 1 nitrogen and oxygen atoms in total. The molecule has 10 aromatic rings. The SMILES string of the molecule is C=C1c2ccccc2-c2ccc(C(CCc3ccc4c(c3)c3ccccc3n4-c3cccc4ccccc34)c3ccc(-c4cccc(-c5ccccc5)c4)cc3)cc21. The molecule has 1 heterocycles. The van der Waals surface area contributed by atoms with Crippen LogP contribution in [0.3, 0.4) is 0 Å². The Morgan fingerprint density at radius 1 is 0.397 bits per heavy atom. The highest BCUT2D eigenvalue weighted by atomic mass is 15.0. The first-order valence-corrected chi connectivity index (χ1v) is 20.4. The highest BCUT2D eigenvalue weighted by molar-refractivity contribution is 6.11. The van der Waals surface area contributed by atoms with E-state index in [2.05, 4.69) is 217 Å². The lowest BCUT2D eigenvalue weighted by atomic mass is 9.84. The molecule has 1 heteroatoms.